The van der Waals surface area contributed by atoms with E-state index in [1.807, 2.05) is 60.4 Å². The van der Waals surface area contributed by atoms with E-state index in [4.69, 9.17) is 0 Å². The maximum absolute atomic E-state index is 12.2. The molecule has 0 spiro atoms. The lowest BCUT2D eigenvalue weighted by Gasteiger charge is -1.97. The first-order chi connectivity index (χ1) is 12.2. The normalized spacial score (nSPS) is 11.4. The summed E-state index contributed by atoms with van der Waals surface area (Å²) in [6.45, 7) is 0. The number of aromatic amines is 2. The van der Waals surface area contributed by atoms with Crippen molar-refractivity contribution in [2.24, 2.45) is 12.1 Å². The Hall–Kier alpha value is -3.61. The lowest BCUT2D eigenvalue weighted by Crippen LogP contribution is -2.17. The van der Waals surface area contributed by atoms with Gasteiger partial charge in [0.05, 0.1) is 11.9 Å². The number of hydrogen-bond acceptors (Lipinski definition) is 3. The van der Waals surface area contributed by atoms with Gasteiger partial charge in [0.15, 0.2) is 0 Å². The Balaban J connectivity index is 1.47. The Morgan fingerprint density at radius 2 is 2.16 bits per heavy atom. The molecule has 0 radical (unpaired) electrons. The molecule has 0 aliphatic heterocycles. The third kappa shape index (κ3) is 2.83. The van der Waals surface area contributed by atoms with Gasteiger partial charge in [0.1, 0.15) is 11.4 Å². The summed E-state index contributed by atoms with van der Waals surface area (Å²) < 4.78 is 1.94. The molecule has 7 nitrogen and oxygen atoms in total. The Morgan fingerprint density at radius 3 is 3.00 bits per heavy atom. The molecule has 1 amide bonds. The Morgan fingerprint density at radius 1 is 1.28 bits per heavy atom. The summed E-state index contributed by atoms with van der Waals surface area (Å²) in [5.74, 6) is -0.343. The van der Waals surface area contributed by atoms with Gasteiger partial charge >= 0.3 is 0 Å². The van der Waals surface area contributed by atoms with Gasteiger partial charge in [-0.2, -0.15) is 10.2 Å². The molecule has 0 fully saturated rings. The zero-order valence-electron chi connectivity index (χ0n) is 13.5. The number of H-pyrrole nitrogens is 2. The number of hydrazone groups is 1. The van der Waals surface area contributed by atoms with Gasteiger partial charge in [-0.05, 0) is 24.3 Å². The van der Waals surface area contributed by atoms with Crippen LogP contribution in [0.5, 0.6) is 0 Å². The number of nitrogens with zero attached hydrogens (tertiary/aromatic N) is 3. The molecule has 0 aliphatic carbocycles. The van der Waals surface area contributed by atoms with Crippen molar-refractivity contribution in [2.75, 3.05) is 0 Å². The van der Waals surface area contributed by atoms with Crippen molar-refractivity contribution in [1.82, 2.24) is 25.2 Å². The number of benzene rings is 1. The third-order valence-electron chi connectivity index (χ3n) is 4.02. The minimum atomic E-state index is -0.343. The number of fused-ring (bicyclic) bond motifs is 1. The molecule has 3 aromatic heterocycles. The van der Waals surface area contributed by atoms with E-state index in [-0.39, 0.29) is 5.91 Å². The molecule has 4 rings (SSSR count). The number of aromatic nitrogens is 4. The Kier molecular flexibility index (Phi) is 3.66. The van der Waals surface area contributed by atoms with E-state index >= 15 is 0 Å². The van der Waals surface area contributed by atoms with E-state index in [0.717, 1.165) is 22.2 Å². The predicted molar refractivity (Wildman–Crippen MR) is 96.4 cm³/mol. The van der Waals surface area contributed by atoms with Crippen LogP contribution in [-0.4, -0.2) is 31.9 Å². The highest BCUT2D eigenvalue weighted by atomic mass is 16.2. The highest BCUT2D eigenvalue weighted by Crippen LogP contribution is 2.17. The molecule has 0 saturated carbocycles. The molecule has 4 aromatic rings. The number of hydrogen-bond donors (Lipinski definition) is 3. The molecular weight excluding hydrogens is 316 g/mol. The standard InChI is InChI=1S/C18H16N6O/c1-24-8-4-7-17(24)15-9-16(22-21-15)18(25)23-20-11-12-10-19-14-6-3-2-5-13(12)14/h2-11,19H,1H3,(H,21,22)(H,23,25). The van der Waals surface area contributed by atoms with Crippen LogP contribution in [0, 0.1) is 0 Å². The molecule has 7 heteroatoms. The zero-order chi connectivity index (χ0) is 17.2. The fraction of sp³-hybridized carbons (Fsp3) is 0.0556. The molecule has 0 unspecified atom stereocenters. The molecule has 3 N–H and O–H groups in total. The van der Waals surface area contributed by atoms with Gasteiger partial charge in [0.2, 0.25) is 0 Å². The molecule has 124 valence electrons. The van der Waals surface area contributed by atoms with E-state index in [1.54, 1.807) is 12.3 Å². The van der Waals surface area contributed by atoms with E-state index in [9.17, 15) is 4.79 Å². The summed E-state index contributed by atoms with van der Waals surface area (Å²) >= 11 is 0. The summed E-state index contributed by atoms with van der Waals surface area (Å²) in [4.78, 5) is 15.4. The minimum Gasteiger partial charge on any atom is -0.361 e. The summed E-state index contributed by atoms with van der Waals surface area (Å²) in [5, 5.41) is 12.0. The molecule has 0 bridgehead atoms. The van der Waals surface area contributed by atoms with Crippen LogP contribution in [0.4, 0.5) is 0 Å². The monoisotopic (exact) mass is 332 g/mol. The van der Waals surface area contributed by atoms with Crippen LogP contribution in [0.1, 0.15) is 16.1 Å². The van der Waals surface area contributed by atoms with Gasteiger partial charge in [0, 0.05) is 35.9 Å². The van der Waals surface area contributed by atoms with Crippen molar-refractivity contribution in [3.8, 4) is 11.4 Å². The first kappa shape index (κ1) is 14.9. The van der Waals surface area contributed by atoms with Crippen molar-refractivity contribution >= 4 is 23.0 Å². The second-order valence-corrected chi connectivity index (χ2v) is 5.66. The molecule has 0 aliphatic rings. The summed E-state index contributed by atoms with van der Waals surface area (Å²) in [5.41, 5.74) is 6.43. The second kappa shape index (κ2) is 6.12. The SMILES string of the molecule is Cn1cccc1-c1cc(C(=O)NN=Cc2c[nH]c3ccccc23)[nH]n1. The third-order valence-corrected chi connectivity index (χ3v) is 4.02. The average molecular weight is 332 g/mol. The van der Waals surface area contributed by atoms with Crippen LogP contribution in [0.25, 0.3) is 22.3 Å². The Bertz CT molecular complexity index is 1070. The summed E-state index contributed by atoms with van der Waals surface area (Å²) in [7, 11) is 1.93. The maximum Gasteiger partial charge on any atom is 0.289 e. The zero-order valence-corrected chi connectivity index (χ0v) is 13.5. The molecular formula is C18H16N6O. The van der Waals surface area contributed by atoms with E-state index in [2.05, 4.69) is 25.7 Å². The van der Waals surface area contributed by atoms with Crippen LogP contribution in [0.2, 0.25) is 0 Å². The smallest absolute Gasteiger partial charge is 0.289 e. The fourth-order valence-corrected chi connectivity index (χ4v) is 2.72. The largest absolute Gasteiger partial charge is 0.361 e. The highest BCUT2D eigenvalue weighted by Gasteiger charge is 2.11. The van der Waals surface area contributed by atoms with Gasteiger partial charge in [-0.15, -0.1) is 0 Å². The van der Waals surface area contributed by atoms with Crippen molar-refractivity contribution in [3.05, 3.63) is 66.1 Å². The number of amides is 1. The molecule has 0 saturated heterocycles. The van der Waals surface area contributed by atoms with Gasteiger partial charge in [-0.25, -0.2) is 5.43 Å². The molecule has 0 atom stereocenters. The number of nitrogens with one attached hydrogen (secondary N) is 3. The first-order valence-corrected chi connectivity index (χ1v) is 7.79. The topological polar surface area (TPSA) is 90.9 Å². The molecule has 25 heavy (non-hydrogen) atoms. The van der Waals surface area contributed by atoms with Crippen LogP contribution in [0.15, 0.2) is 60.0 Å². The number of carbonyl (C=O) groups excluding carboxylic acids is 1. The average Bonchev–Trinajstić information content (AvgIpc) is 3.34. The fourth-order valence-electron chi connectivity index (χ4n) is 2.72. The van der Waals surface area contributed by atoms with Crippen molar-refractivity contribution < 1.29 is 4.79 Å². The van der Waals surface area contributed by atoms with Crippen LogP contribution < -0.4 is 5.43 Å². The molecule has 1 aromatic carbocycles. The van der Waals surface area contributed by atoms with Gasteiger partial charge in [-0.3, -0.25) is 9.89 Å². The molecule has 3 heterocycles. The van der Waals surface area contributed by atoms with Crippen molar-refractivity contribution in [1.29, 1.82) is 0 Å². The lowest BCUT2D eigenvalue weighted by atomic mass is 10.2. The van der Waals surface area contributed by atoms with Gasteiger partial charge in [0.25, 0.3) is 5.91 Å². The number of para-hydroxylation sites is 1. The van der Waals surface area contributed by atoms with Crippen LogP contribution >= 0.6 is 0 Å². The maximum atomic E-state index is 12.2. The first-order valence-electron chi connectivity index (χ1n) is 7.79. The number of rotatable bonds is 4. The highest BCUT2D eigenvalue weighted by molar-refractivity contribution is 6.00. The minimum absolute atomic E-state index is 0.343. The lowest BCUT2D eigenvalue weighted by molar-refractivity contribution is 0.0950. The Labute approximate surface area is 143 Å². The van der Waals surface area contributed by atoms with Crippen molar-refractivity contribution in [2.45, 2.75) is 0 Å². The van der Waals surface area contributed by atoms with Crippen molar-refractivity contribution in [3.63, 3.8) is 0 Å². The number of carbonyl (C=O) groups is 1. The van der Waals surface area contributed by atoms with Gasteiger partial charge < -0.3 is 9.55 Å². The van der Waals surface area contributed by atoms with Crippen LogP contribution in [-0.2, 0) is 7.05 Å². The van der Waals surface area contributed by atoms with E-state index in [0.29, 0.717) is 11.4 Å². The van der Waals surface area contributed by atoms with E-state index in [1.165, 1.54) is 0 Å². The van der Waals surface area contributed by atoms with Gasteiger partial charge in [-0.1, -0.05) is 18.2 Å². The predicted octanol–water partition coefficient (Wildman–Crippen LogP) is 2.66. The quantitative estimate of drug-likeness (QED) is 0.396. The van der Waals surface area contributed by atoms with Crippen LogP contribution in [0.3, 0.4) is 0 Å². The second-order valence-electron chi connectivity index (χ2n) is 5.66. The van der Waals surface area contributed by atoms with E-state index < -0.39 is 0 Å². The number of aryl methyl sites for hydroxylation is 1. The summed E-state index contributed by atoms with van der Waals surface area (Å²) in [6.07, 6.45) is 5.39. The summed E-state index contributed by atoms with van der Waals surface area (Å²) in [6, 6.07) is 13.5.